The van der Waals surface area contributed by atoms with Crippen molar-refractivity contribution in [2.75, 3.05) is 6.26 Å². The number of rotatable bonds is 4. The fourth-order valence-electron chi connectivity index (χ4n) is 3.83. The molecule has 1 aromatic heterocycles. The zero-order valence-electron chi connectivity index (χ0n) is 18.9. The zero-order valence-corrected chi connectivity index (χ0v) is 19.8. The molecule has 0 bridgehead atoms. The van der Waals surface area contributed by atoms with E-state index >= 15 is 0 Å². The van der Waals surface area contributed by atoms with Crippen molar-refractivity contribution in [3.05, 3.63) is 95.7 Å². The second-order valence-electron chi connectivity index (χ2n) is 9.03. The standard InChI is InChI=1S/C29H29NS/c1-20(22-11-13-26(31-5)14-12-22)16-21-8-6-9-23(17-21)27-19-25(29(2,3)4)18-24-10-7-15-30-28(24)27/h6-19H,1-5H3/b20-16-. The second kappa shape index (κ2) is 8.72. The van der Waals surface area contributed by atoms with Crippen LogP contribution in [0.3, 0.4) is 0 Å². The van der Waals surface area contributed by atoms with E-state index in [1.807, 2.05) is 12.3 Å². The normalized spacial score (nSPS) is 12.4. The predicted octanol–water partition coefficient (Wildman–Crippen LogP) is 8.48. The molecule has 0 aliphatic rings. The fourth-order valence-corrected chi connectivity index (χ4v) is 4.24. The van der Waals surface area contributed by atoms with Crippen molar-refractivity contribution in [3.63, 3.8) is 0 Å². The molecule has 31 heavy (non-hydrogen) atoms. The number of fused-ring (bicyclic) bond motifs is 1. The molecule has 4 rings (SSSR count). The van der Waals surface area contributed by atoms with Crippen molar-refractivity contribution >= 4 is 34.3 Å². The quantitative estimate of drug-likeness (QED) is 0.241. The van der Waals surface area contributed by atoms with E-state index in [0.717, 1.165) is 5.52 Å². The first kappa shape index (κ1) is 21.4. The highest BCUT2D eigenvalue weighted by atomic mass is 32.2. The minimum Gasteiger partial charge on any atom is -0.256 e. The van der Waals surface area contributed by atoms with Gasteiger partial charge in [0.1, 0.15) is 0 Å². The first-order valence-corrected chi connectivity index (χ1v) is 11.9. The summed E-state index contributed by atoms with van der Waals surface area (Å²) in [5.74, 6) is 0. The van der Waals surface area contributed by atoms with E-state index in [4.69, 9.17) is 4.98 Å². The molecule has 0 spiro atoms. The Kier molecular flexibility index (Phi) is 6.02. The minimum absolute atomic E-state index is 0.0792. The number of benzene rings is 3. The minimum atomic E-state index is 0.0792. The van der Waals surface area contributed by atoms with Crippen LogP contribution in [-0.4, -0.2) is 11.2 Å². The molecular weight excluding hydrogens is 394 g/mol. The van der Waals surface area contributed by atoms with Gasteiger partial charge in [-0.2, -0.15) is 0 Å². The Balaban J connectivity index is 1.78. The largest absolute Gasteiger partial charge is 0.256 e. The highest BCUT2D eigenvalue weighted by Gasteiger charge is 2.17. The second-order valence-corrected chi connectivity index (χ2v) is 9.91. The fraction of sp³-hybridized carbons (Fsp3) is 0.207. The third-order valence-corrected chi connectivity index (χ3v) is 6.44. The molecular formula is C29H29NS. The Morgan fingerprint density at radius 2 is 1.68 bits per heavy atom. The van der Waals surface area contributed by atoms with Crippen LogP contribution in [0.5, 0.6) is 0 Å². The maximum Gasteiger partial charge on any atom is 0.0780 e. The zero-order chi connectivity index (χ0) is 22.0. The van der Waals surface area contributed by atoms with E-state index in [9.17, 15) is 0 Å². The third kappa shape index (κ3) is 4.75. The molecule has 0 aliphatic heterocycles. The SMILES string of the molecule is CSc1ccc(/C(C)=C\c2cccc(-c3cc(C(C)(C)C)cc4cccnc34)c2)cc1. The summed E-state index contributed by atoms with van der Waals surface area (Å²) < 4.78 is 0. The number of hydrogen-bond acceptors (Lipinski definition) is 2. The van der Waals surface area contributed by atoms with Gasteiger partial charge in [-0.05, 0) is 82.8 Å². The maximum atomic E-state index is 4.72. The topological polar surface area (TPSA) is 12.9 Å². The lowest BCUT2D eigenvalue weighted by Gasteiger charge is -2.21. The lowest BCUT2D eigenvalue weighted by molar-refractivity contribution is 0.591. The lowest BCUT2D eigenvalue weighted by Crippen LogP contribution is -2.11. The van der Waals surface area contributed by atoms with E-state index in [-0.39, 0.29) is 5.41 Å². The van der Waals surface area contributed by atoms with Gasteiger partial charge in [0.15, 0.2) is 0 Å². The van der Waals surface area contributed by atoms with E-state index in [1.165, 1.54) is 43.7 Å². The molecule has 0 saturated carbocycles. The summed E-state index contributed by atoms with van der Waals surface area (Å²) >= 11 is 1.77. The van der Waals surface area contributed by atoms with Crippen molar-refractivity contribution in [2.24, 2.45) is 0 Å². The molecule has 1 nitrogen and oxygen atoms in total. The molecule has 3 aromatic carbocycles. The molecule has 0 aliphatic carbocycles. The van der Waals surface area contributed by atoms with Crippen molar-refractivity contribution in [1.82, 2.24) is 4.98 Å². The van der Waals surface area contributed by atoms with Gasteiger partial charge in [-0.1, -0.05) is 63.2 Å². The van der Waals surface area contributed by atoms with Gasteiger partial charge in [0, 0.05) is 22.0 Å². The van der Waals surface area contributed by atoms with Gasteiger partial charge in [0.2, 0.25) is 0 Å². The smallest absolute Gasteiger partial charge is 0.0780 e. The van der Waals surface area contributed by atoms with Crippen LogP contribution < -0.4 is 0 Å². The van der Waals surface area contributed by atoms with E-state index in [1.54, 1.807) is 11.8 Å². The van der Waals surface area contributed by atoms with Crippen molar-refractivity contribution in [2.45, 2.75) is 38.0 Å². The number of aromatic nitrogens is 1. The Hall–Kier alpha value is -2.84. The van der Waals surface area contributed by atoms with Crippen LogP contribution in [0.4, 0.5) is 0 Å². The van der Waals surface area contributed by atoms with Crippen LogP contribution >= 0.6 is 11.8 Å². The van der Waals surface area contributed by atoms with Crippen LogP contribution in [0.2, 0.25) is 0 Å². The Bertz CT molecular complexity index is 1240. The average Bonchev–Trinajstić information content (AvgIpc) is 2.78. The molecule has 156 valence electrons. The van der Waals surface area contributed by atoms with Gasteiger partial charge in [-0.3, -0.25) is 4.98 Å². The number of pyridine rings is 1. The molecule has 0 fully saturated rings. The first-order valence-electron chi connectivity index (χ1n) is 10.7. The molecule has 0 unspecified atom stereocenters. The van der Waals surface area contributed by atoms with Crippen molar-refractivity contribution in [3.8, 4) is 11.1 Å². The summed E-state index contributed by atoms with van der Waals surface area (Å²) in [4.78, 5) is 6.01. The van der Waals surface area contributed by atoms with Gasteiger partial charge >= 0.3 is 0 Å². The van der Waals surface area contributed by atoms with Gasteiger partial charge in [-0.15, -0.1) is 11.8 Å². The summed E-state index contributed by atoms with van der Waals surface area (Å²) in [5.41, 5.74) is 8.58. The molecule has 0 radical (unpaired) electrons. The molecule has 0 atom stereocenters. The molecule has 0 N–H and O–H groups in total. The van der Waals surface area contributed by atoms with Crippen LogP contribution in [0.1, 0.15) is 44.4 Å². The number of thioether (sulfide) groups is 1. The van der Waals surface area contributed by atoms with E-state index in [0.29, 0.717) is 0 Å². The summed E-state index contributed by atoms with van der Waals surface area (Å²) in [6, 6.07) is 26.3. The van der Waals surface area contributed by atoms with Crippen LogP contribution in [0.25, 0.3) is 33.7 Å². The van der Waals surface area contributed by atoms with Gasteiger partial charge in [-0.25, -0.2) is 0 Å². The summed E-state index contributed by atoms with van der Waals surface area (Å²) in [6.07, 6.45) is 6.26. The number of hydrogen-bond donors (Lipinski definition) is 0. The molecule has 0 saturated heterocycles. The van der Waals surface area contributed by atoms with E-state index in [2.05, 4.69) is 107 Å². The number of nitrogens with zero attached hydrogens (tertiary/aromatic N) is 1. The molecule has 1 heterocycles. The van der Waals surface area contributed by atoms with Gasteiger partial charge in [0.25, 0.3) is 0 Å². The lowest BCUT2D eigenvalue weighted by atomic mass is 9.84. The predicted molar refractivity (Wildman–Crippen MR) is 138 cm³/mol. The monoisotopic (exact) mass is 423 g/mol. The number of allylic oxidation sites excluding steroid dienone is 1. The Morgan fingerprint density at radius 3 is 2.39 bits per heavy atom. The molecule has 4 aromatic rings. The summed E-state index contributed by atoms with van der Waals surface area (Å²) in [6.45, 7) is 8.97. The van der Waals surface area contributed by atoms with Crippen LogP contribution in [-0.2, 0) is 5.41 Å². The average molecular weight is 424 g/mol. The highest BCUT2D eigenvalue weighted by molar-refractivity contribution is 7.98. The molecule has 0 amide bonds. The van der Waals surface area contributed by atoms with Gasteiger partial charge in [0.05, 0.1) is 5.52 Å². The van der Waals surface area contributed by atoms with Crippen LogP contribution in [0, 0.1) is 0 Å². The summed E-state index contributed by atoms with van der Waals surface area (Å²) in [7, 11) is 0. The Labute approximate surface area is 190 Å². The van der Waals surface area contributed by atoms with E-state index < -0.39 is 0 Å². The van der Waals surface area contributed by atoms with Crippen molar-refractivity contribution in [1.29, 1.82) is 0 Å². The van der Waals surface area contributed by atoms with Crippen molar-refractivity contribution < 1.29 is 0 Å². The third-order valence-electron chi connectivity index (χ3n) is 5.70. The van der Waals surface area contributed by atoms with Gasteiger partial charge < -0.3 is 0 Å². The maximum absolute atomic E-state index is 4.72. The summed E-state index contributed by atoms with van der Waals surface area (Å²) in [5, 5.41) is 1.19. The van der Waals surface area contributed by atoms with Crippen LogP contribution in [0.15, 0.2) is 83.9 Å². The Morgan fingerprint density at radius 1 is 0.903 bits per heavy atom. The first-order chi connectivity index (χ1) is 14.8. The molecule has 2 heteroatoms. The highest BCUT2D eigenvalue weighted by Crippen LogP contribution is 2.34.